The van der Waals surface area contributed by atoms with Crippen LogP contribution in [0.2, 0.25) is 0 Å². The molecule has 0 aliphatic carbocycles. The third-order valence-corrected chi connectivity index (χ3v) is 6.58. The molecule has 1 aromatic heterocycles. The Morgan fingerprint density at radius 1 is 1.11 bits per heavy atom. The van der Waals surface area contributed by atoms with Crippen molar-refractivity contribution in [2.75, 3.05) is 30.1 Å². The van der Waals surface area contributed by atoms with Crippen molar-refractivity contribution in [1.82, 2.24) is 14.7 Å². The van der Waals surface area contributed by atoms with E-state index in [0.717, 1.165) is 6.20 Å². The van der Waals surface area contributed by atoms with Crippen LogP contribution in [-0.2, 0) is 14.8 Å². The van der Waals surface area contributed by atoms with E-state index in [2.05, 4.69) is 30.6 Å². The molecule has 0 saturated carbocycles. The summed E-state index contributed by atoms with van der Waals surface area (Å²) in [5.41, 5.74) is 0.320. The Morgan fingerprint density at radius 2 is 1.83 bits per heavy atom. The van der Waals surface area contributed by atoms with Gasteiger partial charge in [-0.05, 0) is 51.2 Å². The molecule has 184 valence electrons. The van der Waals surface area contributed by atoms with Crippen LogP contribution in [0.15, 0.2) is 47.5 Å². The van der Waals surface area contributed by atoms with Crippen molar-refractivity contribution in [2.24, 2.45) is 0 Å². The first-order valence-electron chi connectivity index (χ1n) is 10.3. The van der Waals surface area contributed by atoms with Crippen molar-refractivity contribution < 1.29 is 27.1 Å². The predicted molar refractivity (Wildman–Crippen MR) is 128 cm³/mol. The van der Waals surface area contributed by atoms with E-state index in [1.54, 1.807) is 32.0 Å². The van der Waals surface area contributed by atoms with E-state index in [-0.39, 0.29) is 28.3 Å². The number of benzene rings is 2. The van der Waals surface area contributed by atoms with E-state index in [1.807, 2.05) is 0 Å². The van der Waals surface area contributed by atoms with E-state index >= 15 is 0 Å². The van der Waals surface area contributed by atoms with Gasteiger partial charge in [0.25, 0.3) is 5.91 Å². The van der Waals surface area contributed by atoms with Gasteiger partial charge in [0.2, 0.25) is 16.0 Å². The molecular formula is C22H23FN6O5S. The van der Waals surface area contributed by atoms with Crippen LogP contribution >= 0.6 is 0 Å². The van der Waals surface area contributed by atoms with Gasteiger partial charge in [-0.2, -0.15) is 4.98 Å². The van der Waals surface area contributed by atoms with Crippen molar-refractivity contribution in [3.05, 3.63) is 48.4 Å². The van der Waals surface area contributed by atoms with Crippen LogP contribution in [0.3, 0.4) is 0 Å². The van der Waals surface area contributed by atoms with Crippen molar-refractivity contribution in [1.29, 1.82) is 0 Å². The van der Waals surface area contributed by atoms with Crippen molar-refractivity contribution in [2.45, 2.75) is 24.3 Å². The number of methoxy groups -OCH3 is 1. The summed E-state index contributed by atoms with van der Waals surface area (Å²) in [5, 5.41) is 8.51. The number of sulfonamides is 1. The molecule has 1 amide bonds. The number of hydrogen-bond donors (Lipinski definition) is 4. The lowest BCUT2D eigenvalue weighted by atomic mass is 10.1. The average Bonchev–Trinajstić information content (AvgIpc) is 2.82. The monoisotopic (exact) mass is 502 g/mol. The molecule has 3 aromatic rings. The molecule has 0 radical (unpaired) electrons. The van der Waals surface area contributed by atoms with Crippen molar-refractivity contribution in [3.8, 4) is 11.5 Å². The van der Waals surface area contributed by atoms with Gasteiger partial charge in [0.1, 0.15) is 16.4 Å². The molecule has 4 N–H and O–H groups in total. The summed E-state index contributed by atoms with van der Waals surface area (Å²) < 4.78 is 51.8. The Bertz CT molecular complexity index is 1410. The summed E-state index contributed by atoms with van der Waals surface area (Å²) in [5.74, 6) is -0.480. The number of carbonyl (C=O) groups excluding carboxylic acids is 1. The number of fused-ring (bicyclic) bond motifs is 1. The Hall–Kier alpha value is -3.97. The van der Waals surface area contributed by atoms with Crippen LogP contribution in [0.5, 0.6) is 11.5 Å². The summed E-state index contributed by atoms with van der Waals surface area (Å²) in [7, 11) is -1.08. The zero-order chi connectivity index (χ0) is 25.4. The van der Waals surface area contributed by atoms with Gasteiger partial charge < -0.3 is 25.4 Å². The number of aromatic nitrogens is 2. The number of rotatable bonds is 7. The molecule has 0 saturated heterocycles. The van der Waals surface area contributed by atoms with Crippen LogP contribution in [0, 0.1) is 5.82 Å². The van der Waals surface area contributed by atoms with Crippen molar-refractivity contribution in [3.63, 3.8) is 0 Å². The highest BCUT2D eigenvalue weighted by Gasteiger charge is 2.35. The molecule has 0 bridgehead atoms. The van der Waals surface area contributed by atoms with Crippen LogP contribution < -0.4 is 30.1 Å². The number of anilines is 5. The second-order valence-electron chi connectivity index (χ2n) is 7.99. The highest BCUT2D eigenvalue weighted by Crippen LogP contribution is 2.36. The number of nitrogens with zero attached hydrogens (tertiary/aromatic N) is 2. The number of ether oxygens (including phenoxy) is 2. The van der Waals surface area contributed by atoms with E-state index < -0.39 is 21.4 Å². The van der Waals surface area contributed by atoms with Gasteiger partial charge in [-0.3, -0.25) is 4.79 Å². The number of nitrogens with one attached hydrogen (secondary N) is 4. The highest BCUT2D eigenvalue weighted by atomic mass is 32.2. The lowest BCUT2D eigenvalue weighted by Gasteiger charge is -2.31. The molecule has 13 heteroatoms. The Kier molecular flexibility index (Phi) is 6.21. The second kappa shape index (κ2) is 9.00. The molecule has 11 nitrogen and oxygen atoms in total. The quantitative estimate of drug-likeness (QED) is 0.383. The number of amides is 1. The van der Waals surface area contributed by atoms with Crippen LogP contribution in [0.4, 0.5) is 33.2 Å². The topological polar surface area (TPSA) is 144 Å². The molecule has 0 spiro atoms. The molecule has 1 aliphatic rings. The SMILES string of the molecule is CNS(=O)(=O)c1ccc(Nc2ncc(F)c(Nc3ccc4c(c3)NC(=O)C(C)(C)O4)n2)cc1OC. The number of hydrogen-bond acceptors (Lipinski definition) is 9. The predicted octanol–water partition coefficient (Wildman–Crippen LogP) is 3.13. The molecular weight excluding hydrogens is 479 g/mol. The van der Waals surface area contributed by atoms with E-state index in [0.29, 0.717) is 22.8 Å². The van der Waals surface area contributed by atoms with Gasteiger partial charge >= 0.3 is 0 Å². The van der Waals surface area contributed by atoms with E-state index in [4.69, 9.17) is 9.47 Å². The maximum absolute atomic E-state index is 14.4. The molecule has 0 atom stereocenters. The fraction of sp³-hybridized carbons (Fsp3) is 0.227. The highest BCUT2D eigenvalue weighted by molar-refractivity contribution is 7.89. The maximum atomic E-state index is 14.4. The third-order valence-electron chi connectivity index (χ3n) is 5.12. The lowest BCUT2D eigenvalue weighted by molar-refractivity contribution is -0.129. The average molecular weight is 503 g/mol. The van der Waals surface area contributed by atoms with Gasteiger partial charge in [0.05, 0.1) is 19.0 Å². The molecule has 2 aromatic carbocycles. The first kappa shape index (κ1) is 24.2. The van der Waals surface area contributed by atoms with E-state index in [9.17, 15) is 17.6 Å². The van der Waals surface area contributed by atoms with Crippen LogP contribution in [-0.4, -0.2) is 44.1 Å². The maximum Gasteiger partial charge on any atom is 0.268 e. The normalized spacial score (nSPS) is 14.4. The molecule has 35 heavy (non-hydrogen) atoms. The van der Waals surface area contributed by atoms with Gasteiger partial charge in [0, 0.05) is 17.4 Å². The first-order valence-corrected chi connectivity index (χ1v) is 11.8. The molecule has 2 heterocycles. The minimum atomic E-state index is -3.72. The Balaban J connectivity index is 1.57. The summed E-state index contributed by atoms with van der Waals surface area (Å²) in [6.07, 6.45) is 0.987. The smallest absolute Gasteiger partial charge is 0.268 e. The fourth-order valence-corrected chi connectivity index (χ4v) is 4.12. The summed E-state index contributed by atoms with van der Waals surface area (Å²) in [4.78, 5) is 20.2. The minimum Gasteiger partial charge on any atom is -0.495 e. The summed E-state index contributed by atoms with van der Waals surface area (Å²) in [6, 6.07) is 9.23. The Labute approximate surface area is 201 Å². The van der Waals surface area contributed by atoms with Crippen LogP contribution in [0.1, 0.15) is 13.8 Å². The first-order chi connectivity index (χ1) is 16.5. The van der Waals surface area contributed by atoms with Gasteiger partial charge in [-0.1, -0.05) is 0 Å². The zero-order valence-electron chi connectivity index (χ0n) is 19.3. The molecule has 4 rings (SSSR count). The van der Waals surface area contributed by atoms with E-state index in [1.165, 1.54) is 32.4 Å². The minimum absolute atomic E-state index is 0.0395. The molecule has 0 fully saturated rings. The molecule has 1 aliphatic heterocycles. The van der Waals surface area contributed by atoms with Crippen molar-refractivity contribution >= 4 is 44.8 Å². The third kappa shape index (κ3) is 4.95. The molecule has 0 unspecified atom stereocenters. The summed E-state index contributed by atoms with van der Waals surface area (Å²) >= 11 is 0. The fourth-order valence-electron chi connectivity index (χ4n) is 3.25. The number of carbonyl (C=O) groups is 1. The largest absolute Gasteiger partial charge is 0.495 e. The lowest BCUT2D eigenvalue weighted by Crippen LogP contribution is -2.45. The second-order valence-corrected chi connectivity index (χ2v) is 9.85. The van der Waals surface area contributed by atoms with Gasteiger partial charge in [-0.15, -0.1) is 0 Å². The standard InChI is InChI=1S/C22H23FN6O5S/c1-22(2)20(30)28-15-9-12(5-7-16(15)34-22)26-19-14(23)11-25-21(29-19)27-13-6-8-18(17(10-13)33-4)35(31,32)24-3/h5-11,24H,1-4H3,(H,28,30)(H2,25,26,27,29). The van der Waals surface area contributed by atoms with Gasteiger partial charge in [-0.25, -0.2) is 22.5 Å². The van der Waals surface area contributed by atoms with Gasteiger partial charge in [0.15, 0.2) is 17.2 Å². The zero-order valence-corrected chi connectivity index (χ0v) is 20.1. The summed E-state index contributed by atoms with van der Waals surface area (Å²) in [6.45, 7) is 3.32. The van der Waals surface area contributed by atoms with Crippen LogP contribution in [0.25, 0.3) is 0 Å². The Morgan fingerprint density at radius 3 is 2.54 bits per heavy atom. The number of halogens is 1.